The van der Waals surface area contributed by atoms with E-state index in [2.05, 4.69) is 20.8 Å². The molecule has 8 nitrogen and oxygen atoms in total. The lowest BCUT2D eigenvalue weighted by atomic mass is 9.45. The summed E-state index contributed by atoms with van der Waals surface area (Å²) in [4.78, 5) is 12.8. The minimum Gasteiger partial charge on any atom is -0.497 e. The van der Waals surface area contributed by atoms with Crippen LogP contribution in [0, 0.1) is 27.6 Å². The number of hydrogen-bond donors (Lipinski definition) is 1. The largest absolute Gasteiger partial charge is 0.497 e. The van der Waals surface area contributed by atoms with Crippen LogP contribution in [0.15, 0.2) is 11.3 Å². The van der Waals surface area contributed by atoms with Gasteiger partial charge in [0.05, 0.1) is 63.0 Å². The van der Waals surface area contributed by atoms with Gasteiger partial charge in [-0.25, -0.2) is 4.79 Å². The Labute approximate surface area is 373 Å². The monoisotopic (exact) mass is 857 g/mol. The number of rotatable bonds is 35. The number of allylic oxidation sites excluding steroid dienone is 1. The predicted molar refractivity (Wildman–Crippen MR) is 245 cm³/mol. The lowest BCUT2D eigenvalue weighted by Crippen LogP contribution is -2.65. The molecule has 7 rings (SSSR count). The molecule has 2 atom stereocenters. The quantitative estimate of drug-likeness (QED) is 0.0383. The van der Waals surface area contributed by atoms with Crippen LogP contribution in [0.25, 0.3) is 0 Å². The molecule has 1 N–H and O–H groups in total. The third-order valence-electron chi connectivity index (χ3n) is 16.6. The maximum atomic E-state index is 12.8. The first-order valence-electron chi connectivity index (χ1n) is 26.2. The molecule has 0 aromatic rings. The van der Waals surface area contributed by atoms with E-state index in [0.717, 1.165) is 123 Å². The van der Waals surface area contributed by atoms with Crippen molar-refractivity contribution in [2.45, 2.75) is 232 Å². The van der Waals surface area contributed by atoms with Crippen molar-refractivity contribution >= 4 is 5.97 Å². The highest BCUT2D eigenvalue weighted by Crippen LogP contribution is 2.68. The van der Waals surface area contributed by atoms with Gasteiger partial charge >= 0.3 is 5.97 Å². The van der Waals surface area contributed by atoms with Gasteiger partial charge in [-0.05, 0) is 103 Å². The van der Waals surface area contributed by atoms with Crippen molar-refractivity contribution in [3.63, 3.8) is 0 Å². The van der Waals surface area contributed by atoms with Crippen LogP contribution < -0.4 is 0 Å². The molecule has 61 heavy (non-hydrogen) atoms. The average molecular weight is 857 g/mol. The molecule has 3 heterocycles. The minimum atomic E-state index is -0.856. The molecule has 0 aromatic carbocycles. The molecular weight excluding hydrogens is 765 g/mol. The van der Waals surface area contributed by atoms with Crippen molar-refractivity contribution in [1.82, 2.24) is 0 Å². The molecule has 0 radical (unpaired) electrons. The van der Waals surface area contributed by atoms with E-state index in [0.29, 0.717) is 34.3 Å². The lowest BCUT2D eigenvalue weighted by Gasteiger charge is -2.66. The topological polar surface area (TPSA) is 92.7 Å². The van der Waals surface area contributed by atoms with Gasteiger partial charge in [0.25, 0.3) is 0 Å². The average Bonchev–Trinajstić information content (AvgIpc) is 3.18. The number of carbonyl (C=O) groups is 1. The van der Waals surface area contributed by atoms with Crippen molar-refractivity contribution in [3.05, 3.63) is 11.3 Å². The normalized spacial score (nSPS) is 29.4. The summed E-state index contributed by atoms with van der Waals surface area (Å²) in [6, 6.07) is 0. The molecule has 0 spiro atoms. The van der Waals surface area contributed by atoms with Gasteiger partial charge in [-0.15, -0.1) is 0 Å². The molecule has 8 heteroatoms. The van der Waals surface area contributed by atoms with Crippen LogP contribution in [0.4, 0.5) is 0 Å². The maximum Gasteiger partial charge on any atom is 0.334 e. The van der Waals surface area contributed by atoms with Gasteiger partial charge in [-0.3, -0.25) is 0 Å². The van der Waals surface area contributed by atoms with E-state index >= 15 is 0 Å². The standard InChI is InChI=1S/C53H92O8/c1-5-8-23-48(38-56-39-48)26-17-11-14-20-29-59-46(44(4)47(54)55)51-32-45-33-52(35-51,60-30-21-15-12-18-27-49(24-9-6-2)40-57-41-49)37-53(34-45,36-51)61-31-22-16-13-19-28-50(25-10-7-3)42-58-43-50/h45H,5-43H2,1-4H3,(H,54,55). The Hall–Kier alpha value is -1.19. The van der Waals surface area contributed by atoms with Crippen LogP contribution in [0.3, 0.4) is 0 Å². The fraction of sp³-hybridized carbons (Fsp3) is 0.943. The van der Waals surface area contributed by atoms with Crippen LogP contribution >= 0.6 is 0 Å². The maximum absolute atomic E-state index is 12.8. The first-order chi connectivity index (χ1) is 29.6. The number of hydrogen-bond acceptors (Lipinski definition) is 7. The zero-order chi connectivity index (χ0) is 43.1. The number of carboxylic acid groups (broad SMARTS) is 1. The van der Waals surface area contributed by atoms with Gasteiger partial charge in [0.15, 0.2) is 0 Å². The van der Waals surface area contributed by atoms with E-state index in [-0.39, 0.29) is 16.6 Å². The molecule has 0 aromatic heterocycles. The van der Waals surface area contributed by atoms with E-state index < -0.39 is 5.97 Å². The van der Waals surface area contributed by atoms with E-state index in [1.807, 2.05) is 0 Å². The zero-order valence-corrected chi connectivity index (χ0v) is 40.0. The highest BCUT2D eigenvalue weighted by Gasteiger charge is 2.66. The first-order valence-corrected chi connectivity index (χ1v) is 26.2. The van der Waals surface area contributed by atoms with Gasteiger partial charge in [0.1, 0.15) is 5.76 Å². The fourth-order valence-electron chi connectivity index (χ4n) is 13.3. The van der Waals surface area contributed by atoms with E-state index in [9.17, 15) is 9.90 Å². The molecular formula is C53H92O8. The molecule has 7 fully saturated rings. The van der Waals surface area contributed by atoms with Gasteiger partial charge in [-0.1, -0.05) is 117 Å². The van der Waals surface area contributed by atoms with Crippen molar-refractivity contribution in [1.29, 1.82) is 0 Å². The van der Waals surface area contributed by atoms with E-state index in [1.54, 1.807) is 6.92 Å². The Balaban J connectivity index is 1.04. The molecule has 352 valence electrons. The van der Waals surface area contributed by atoms with Crippen molar-refractivity contribution < 1.29 is 38.3 Å². The molecule has 3 saturated heterocycles. The Bertz CT molecular complexity index is 1290. The van der Waals surface area contributed by atoms with Crippen LogP contribution in [-0.2, 0) is 33.2 Å². The molecule has 2 unspecified atom stereocenters. The summed E-state index contributed by atoms with van der Waals surface area (Å²) in [5.41, 5.74) is 0.779. The summed E-state index contributed by atoms with van der Waals surface area (Å²) in [7, 11) is 0. The zero-order valence-electron chi connectivity index (χ0n) is 40.0. The van der Waals surface area contributed by atoms with Crippen LogP contribution in [0.1, 0.15) is 220 Å². The Kier molecular flexibility index (Phi) is 18.8. The molecule has 3 aliphatic heterocycles. The minimum absolute atomic E-state index is 0.281. The van der Waals surface area contributed by atoms with E-state index in [1.165, 1.54) is 128 Å². The highest BCUT2D eigenvalue weighted by molar-refractivity contribution is 5.86. The van der Waals surface area contributed by atoms with Crippen LogP contribution in [0.5, 0.6) is 0 Å². The third-order valence-corrected chi connectivity index (χ3v) is 16.6. The molecule has 0 amide bonds. The SMILES string of the molecule is CCCCC1(CCCCCCOC(=C(C)C(=O)O)C23CC4CC(OCCCCCCC5(CCCC)COC5)(CC(OCCCCCCC5(CCCC)COC5)(C4)C2)C3)COC1. The summed E-state index contributed by atoms with van der Waals surface area (Å²) < 4.78 is 38.1. The van der Waals surface area contributed by atoms with Gasteiger partial charge in [-0.2, -0.15) is 0 Å². The Morgan fingerprint density at radius 2 is 0.885 bits per heavy atom. The summed E-state index contributed by atoms with van der Waals surface area (Å²) in [5.74, 6) is 0.342. The van der Waals surface area contributed by atoms with Gasteiger partial charge in [0, 0.05) is 41.3 Å². The Morgan fingerprint density at radius 3 is 1.25 bits per heavy atom. The second-order valence-electron chi connectivity index (χ2n) is 22.2. The summed E-state index contributed by atoms with van der Waals surface area (Å²) in [6.07, 6.45) is 35.3. The fourth-order valence-corrected chi connectivity index (χ4v) is 13.3. The second-order valence-corrected chi connectivity index (χ2v) is 22.2. The van der Waals surface area contributed by atoms with Crippen molar-refractivity contribution in [2.75, 3.05) is 59.5 Å². The molecule has 7 aliphatic rings. The summed E-state index contributed by atoms with van der Waals surface area (Å²) in [6.45, 7) is 16.5. The van der Waals surface area contributed by atoms with Crippen LogP contribution in [0.2, 0.25) is 0 Å². The van der Waals surface area contributed by atoms with Crippen molar-refractivity contribution in [3.8, 4) is 0 Å². The smallest absolute Gasteiger partial charge is 0.334 e. The summed E-state index contributed by atoms with van der Waals surface area (Å²) in [5, 5.41) is 10.5. The lowest BCUT2D eigenvalue weighted by molar-refractivity contribution is -0.261. The summed E-state index contributed by atoms with van der Waals surface area (Å²) >= 11 is 0. The Morgan fingerprint density at radius 1 is 0.508 bits per heavy atom. The van der Waals surface area contributed by atoms with Gasteiger partial charge < -0.3 is 33.5 Å². The molecule has 4 bridgehead atoms. The van der Waals surface area contributed by atoms with Gasteiger partial charge in [0.2, 0.25) is 0 Å². The first kappa shape index (κ1) is 49.2. The van der Waals surface area contributed by atoms with E-state index in [4.69, 9.17) is 28.4 Å². The third kappa shape index (κ3) is 13.2. The number of aliphatic carboxylic acids is 1. The predicted octanol–water partition coefficient (Wildman–Crippen LogP) is 13.3. The second kappa shape index (κ2) is 23.3. The van der Waals surface area contributed by atoms with Crippen molar-refractivity contribution in [2.24, 2.45) is 27.6 Å². The number of unbranched alkanes of at least 4 members (excludes halogenated alkanes) is 12. The van der Waals surface area contributed by atoms with Crippen LogP contribution in [-0.4, -0.2) is 81.7 Å². The highest BCUT2D eigenvalue weighted by atomic mass is 16.5. The molecule has 4 aliphatic carbocycles. The number of ether oxygens (including phenoxy) is 6. The number of carboxylic acids is 1. The molecule has 4 saturated carbocycles.